The number of aromatic nitrogens is 2. The number of amides is 1. The molecule has 110 valence electrons. The van der Waals surface area contributed by atoms with E-state index in [4.69, 9.17) is 0 Å². The molecule has 4 heteroatoms. The molecule has 1 heterocycles. The number of carbonyl (C=O) groups excluding carboxylic acids is 1. The minimum Gasteiger partial charge on any atom is -0.319 e. The minimum absolute atomic E-state index is 0.117. The lowest BCUT2D eigenvalue weighted by Crippen LogP contribution is -2.13. The van der Waals surface area contributed by atoms with Gasteiger partial charge in [0.25, 0.3) is 5.91 Å². The van der Waals surface area contributed by atoms with Gasteiger partial charge in [0.2, 0.25) is 0 Å². The fraction of sp³-hybridized carbons (Fsp3) is 0.111. The Kier molecular flexibility index (Phi) is 3.74. The van der Waals surface area contributed by atoms with Crippen LogP contribution in [0.25, 0.3) is 5.69 Å². The predicted octanol–water partition coefficient (Wildman–Crippen LogP) is 3.74. The Hall–Kier alpha value is -2.88. The van der Waals surface area contributed by atoms with E-state index in [9.17, 15) is 4.79 Å². The molecule has 1 amide bonds. The van der Waals surface area contributed by atoms with Gasteiger partial charge >= 0.3 is 0 Å². The molecule has 1 aromatic heterocycles. The molecule has 0 aliphatic rings. The van der Waals surface area contributed by atoms with E-state index in [1.165, 1.54) is 0 Å². The molecule has 2 aromatic carbocycles. The molecule has 0 saturated carbocycles. The summed E-state index contributed by atoms with van der Waals surface area (Å²) in [4.78, 5) is 12.4. The van der Waals surface area contributed by atoms with Gasteiger partial charge in [-0.1, -0.05) is 35.9 Å². The van der Waals surface area contributed by atoms with Crippen molar-refractivity contribution >= 4 is 11.6 Å². The summed E-state index contributed by atoms with van der Waals surface area (Å²) in [5.41, 5.74) is 4.34. The summed E-state index contributed by atoms with van der Waals surface area (Å²) in [6.07, 6.45) is 3.45. The number of para-hydroxylation sites is 1. The van der Waals surface area contributed by atoms with Crippen molar-refractivity contribution in [2.75, 3.05) is 5.32 Å². The smallest absolute Gasteiger partial charge is 0.256 e. The van der Waals surface area contributed by atoms with E-state index in [1.807, 2.05) is 62.4 Å². The molecule has 3 aromatic rings. The topological polar surface area (TPSA) is 46.9 Å². The molecule has 0 aliphatic carbocycles. The Labute approximate surface area is 129 Å². The molecule has 0 saturated heterocycles. The third kappa shape index (κ3) is 2.91. The maximum Gasteiger partial charge on any atom is 0.256 e. The Morgan fingerprint density at radius 1 is 1.09 bits per heavy atom. The van der Waals surface area contributed by atoms with Gasteiger partial charge in [0.15, 0.2) is 0 Å². The number of hydrogen-bond donors (Lipinski definition) is 1. The van der Waals surface area contributed by atoms with Gasteiger partial charge in [-0.25, -0.2) is 4.68 Å². The van der Waals surface area contributed by atoms with Gasteiger partial charge in [-0.05, 0) is 37.6 Å². The first-order valence-corrected chi connectivity index (χ1v) is 7.12. The zero-order chi connectivity index (χ0) is 15.5. The molecule has 0 spiro atoms. The lowest BCUT2D eigenvalue weighted by atomic mass is 10.1. The fourth-order valence-corrected chi connectivity index (χ4v) is 2.29. The van der Waals surface area contributed by atoms with E-state index in [0.29, 0.717) is 11.3 Å². The highest BCUT2D eigenvalue weighted by Gasteiger charge is 2.10. The van der Waals surface area contributed by atoms with Crippen molar-refractivity contribution < 1.29 is 4.79 Å². The van der Waals surface area contributed by atoms with Crippen LogP contribution in [0.2, 0.25) is 0 Å². The van der Waals surface area contributed by atoms with E-state index in [-0.39, 0.29) is 5.91 Å². The molecular weight excluding hydrogens is 274 g/mol. The second kappa shape index (κ2) is 5.85. The zero-order valence-electron chi connectivity index (χ0n) is 12.6. The normalized spacial score (nSPS) is 10.5. The van der Waals surface area contributed by atoms with Crippen molar-refractivity contribution in [1.29, 1.82) is 0 Å². The van der Waals surface area contributed by atoms with Gasteiger partial charge in [0.05, 0.1) is 23.8 Å². The standard InChI is InChI=1S/C18H17N3O/c1-13-8-9-14(2)17(10-13)18(22)20-15-11-19-21(12-15)16-6-4-3-5-7-16/h3-12H,1-2H3,(H,20,22). The van der Waals surface area contributed by atoms with Crippen LogP contribution in [0.15, 0.2) is 60.9 Å². The molecule has 4 nitrogen and oxygen atoms in total. The van der Waals surface area contributed by atoms with Crippen molar-refractivity contribution in [2.24, 2.45) is 0 Å². The summed E-state index contributed by atoms with van der Waals surface area (Å²) in [5.74, 6) is -0.117. The number of nitrogens with one attached hydrogen (secondary N) is 1. The summed E-state index contributed by atoms with van der Waals surface area (Å²) >= 11 is 0. The van der Waals surface area contributed by atoms with Crippen LogP contribution in [-0.4, -0.2) is 15.7 Å². The zero-order valence-corrected chi connectivity index (χ0v) is 12.6. The first-order valence-electron chi connectivity index (χ1n) is 7.12. The van der Waals surface area contributed by atoms with Crippen LogP contribution in [0.5, 0.6) is 0 Å². The molecule has 22 heavy (non-hydrogen) atoms. The summed E-state index contributed by atoms with van der Waals surface area (Å²) in [6, 6.07) is 15.6. The highest BCUT2D eigenvalue weighted by molar-refractivity contribution is 6.05. The van der Waals surface area contributed by atoms with Gasteiger partial charge in [0.1, 0.15) is 0 Å². The second-order valence-electron chi connectivity index (χ2n) is 5.28. The van der Waals surface area contributed by atoms with Crippen molar-refractivity contribution in [2.45, 2.75) is 13.8 Å². The number of aryl methyl sites for hydroxylation is 2. The van der Waals surface area contributed by atoms with Gasteiger partial charge in [-0.2, -0.15) is 5.10 Å². The molecular formula is C18H17N3O. The Morgan fingerprint density at radius 2 is 1.86 bits per heavy atom. The lowest BCUT2D eigenvalue weighted by Gasteiger charge is -2.07. The maximum absolute atomic E-state index is 12.4. The molecule has 0 radical (unpaired) electrons. The van der Waals surface area contributed by atoms with Crippen LogP contribution >= 0.6 is 0 Å². The number of anilines is 1. The summed E-state index contributed by atoms with van der Waals surface area (Å²) in [5, 5.41) is 7.17. The molecule has 3 rings (SSSR count). The van der Waals surface area contributed by atoms with E-state index in [1.54, 1.807) is 17.1 Å². The molecule has 1 N–H and O–H groups in total. The summed E-state index contributed by atoms with van der Waals surface area (Å²) < 4.78 is 1.73. The minimum atomic E-state index is -0.117. The van der Waals surface area contributed by atoms with E-state index in [2.05, 4.69) is 10.4 Å². The SMILES string of the molecule is Cc1ccc(C)c(C(=O)Nc2cnn(-c3ccccc3)c2)c1. The fourth-order valence-electron chi connectivity index (χ4n) is 2.29. The molecule has 0 bridgehead atoms. The number of carbonyl (C=O) groups is 1. The first kappa shape index (κ1) is 14.1. The predicted molar refractivity (Wildman–Crippen MR) is 87.4 cm³/mol. The van der Waals surface area contributed by atoms with Crippen LogP contribution in [-0.2, 0) is 0 Å². The van der Waals surface area contributed by atoms with Crippen LogP contribution in [0, 0.1) is 13.8 Å². The van der Waals surface area contributed by atoms with Crippen LogP contribution in [0.4, 0.5) is 5.69 Å². The lowest BCUT2D eigenvalue weighted by molar-refractivity contribution is 0.102. The van der Waals surface area contributed by atoms with Crippen molar-refractivity contribution in [3.63, 3.8) is 0 Å². The van der Waals surface area contributed by atoms with Crippen molar-refractivity contribution in [3.8, 4) is 5.69 Å². The van der Waals surface area contributed by atoms with Gasteiger partial charge < -0.3 is 5.32 Å². The average Bonchev–Trinajstić information content (AvgIpc) is 2.99. The summed E-state index contributed by atoms with van der Waals surface area (Å²) in [7, 11) is 0. The van der Waals surface area contributed by atoms with Gasteiger partial charge in [0, 0.05) is 5.56 Å². The van der Waals surface area contributed by atoms with Crippen LogP contribution in [0.3, 0.4) is 0 Å². The Bertz CT molecular complexity index is 806. The Morgan fingerprint density at radius 3 is 2.64 bits per heavy atom. The third-order valence-corrected chi connectivity index (χ3v) is 3.50. The first-order chi connectivity index (χ1) is 10.6. The third-order valence-electron chi connectivity index (χ3n) is 3.50. The number of nitrogens with zero attached hydrogens (tertiary/aromatic N) is 2. The highest BCUT2D eigenvalue weighted by Crippen LogP contribution is 2.15. The number of benzene rings is 2. The molecule has 0 atom stereocenters. The number of hydrogen-bond acceptors (Lipinski definition) is 2. The van der Waals surface area contributed by atoms with Crippen LogP contribution in [0.1, 0.15) is 21.5 Å². The monoisotopic (exact) mass is 291 g/mol. The quantitative estimate of drug-likeness (QED) is 0.799. The second-order valence-corrected chi connectivity index (χ2v) is 5.28. The molecule has 0 fully saturated rings. The van der Waals surface area contributed by atoms with E-state index < -0.39 is 0 Å². The molecule has 0 unspecified atom stereocenters. The van der Waals surface area contributed by atoms with E-state index >= 15 is 0 Å². The summed E-state index contributed by atoms with van der Waals surface area (Å²) in [6.45, 7) is 3.91. The van der Waals surface area contributed by atoms with E-state index in [0.717, 1.165) is 16.8 Å². The average molecular weight is 291 g/mol. The molecule has 0 aliphatic heterocycles. The largest absolute Gasteiger partial charge is 0.319 e. The maximum atomic E-state index is 12.4. The van der Waals surface area contributed by atoms with Gasteiger partial charge in [-0.15, -0.1) is 0 Å². The van der Waals surface area contributed by atoms with Crippen LogP contribution < -0.4 is 5.32 Å². The van der Waals surface area contributed by atoms with Crippen molar-refractivity contribution in [3.05, 3.63) is 77.6 Å². The van der Waals surface area contributed by atoms with Crippen molar-refractivity contribution in [1.82, 2.24) is 9.78 Å². The highest BCUT2D eigenvalue weighted by atomic mass is 16.1. The number of rotatable bonds is 3. The van der Waals surface area contributed by atoms with Gasteiger partial charge in [-0.3, -0.25) is 4.79 Å². The Balaban J connectivity index is 1.81.